The standard InChI is InChI=1S/C12H21N3O4/c1-4-13-10(16)7-14(3)12(19)15-5-9(6-15)8(2)11(17)18/h8-9H,4-7H2,1-3H3,(H,13,16)(H,17,18). The predicted octanol–water partition coefficient (Wildman–Crippen LogP) is -0.173. The molecule has 0 radical (unpaired) electrons. The number of amides is 3. The van der Waals surface area contributed by atoms with E-state index in [0.29, 0.717) is 19.6 Å². The number of hydrogen-bond donors (Lipinski definition) is 2. The Balaban J connectivity index is 2.36. The third kappa shape index (κ3) is 3.84. The molecule has 0 saturated carbocycles. The highest BCUT2D eigenvalue weighted by Crippen LogP contribution is 2.24. The zero-order valence-electron chi connectivity index (χ0n) is 11.5. The van der Waals surface area contributed by atoms with Gasteiger partial charge in [-0.2, -0.15) is 0 Å². The fourth-order valence-corrected chi connectivity index (χ4v) is 1.96. The number of rotatable bonds is 5. The number of aliphatic carboxylic acids is 1. The molecule has 1 heterocycles. The molecule has 0 bridgehead atoms. The zero-order chi connectivity index (χ0) is 14.6. The topological polar surface area (TPSA) is 90.0 Å². The quantitative estimate of drug-likeness (QED) is 0.726. The van der Waals surface area contributed by atoms with Crippen molar-refractivity contribution >= 4 is 17.9 Å². The Hall–Kier alpha value is -1.79. The minimum Gasteiger partial charge on any atom is -0.481 e. The van der Waals surface area contributed by atoms with Gasteiger partial charge in [-0.15, -0.1) is 0 Å². The molecule has 1 aliphatic rings. The largest absolute Gasteiger partial charge is 0.481 e. The van der Waals surface area contributed by atoms with Crippen LogP contribution in [-0.4, -0.2) is 66.0 Å². The molecule has 1 fully saturated rings. The number of carbonyl (C=O) groups is 3. The van der Waals surface area contributed by atoms with Crippen LogP contribution in [-0.2, 0) is 9.59 Å². The molecule has 2 N–H and O–H groups in total. The van der Waals surface area contributed by atoms with Crippen molar-refractivity contribution < 1.29 is 19.5 Å². The van der Waals surface area contributed by atoms with Crippen molar-refractivity contribution in [2.45, 2.75) is 13.8 Å². The molecule has 3 amide bonds. The molecule has 0 aromatic rings. The van der Waals surface area contributed by atoms with E-state index < -0.39 is 11.9 Å². The number of carboxylic acid groups (broad SMARTS) is 1. The average Bonchev–Trinajstić information content (AvgIpc) is 2.26. The fraction of sp³-hybridized carbons (Fsp3) is 0.750. The van der Waals surface area contributed by atoms with Gasteiger partial charge in [-0.25, -0.2) is 4.79 Å². The van der Waals surface area contributed by atoms with Crippen LogP contribution in [0.15, 0.2) is 0 Å². The lowest BCUT2D eigenvalue weighted by atomic mass is 9.87. The highest BCUT2D eigenvalue weighted by atomic mass is 16.4. The minimum atomic E-state index is -0.840. The lowest BCUT2D eigenvalue weighted by Crippen LogP contribution is -2.57. The number of nitrogens with one attached hydrogen (secondary N) is 1. The van der Waals surface area contributed by atoms with Crippen LogP contribution in [0.3, 0.4) is 0 Å². The highest BCUT2D eigenvalue weighted by molar-refractivity contribution is 5.84. The molecule has 1 unspecified atom stereocenters. The van der Waals surface area contributed by atoms with Crippen LogP contribution in [0.5, 0.6) is 0 Å². The number of hydrogen-bond acceptors (Lipinski definition) is 3. The Bertz CT molecular complexity index is 366. The second-order valence-electron chi connectivity index (χ2n) is 4.88. The molecule has 0 aromatic heterocycles. The highest BCUT2D eigenvalue weighted by Gasteiger charge is 2.38. The summed E-state index contributed by atoms with van der Waals surface area (Å²) in [4.78, 5) is 37.0. The molecule has 0 aromatic carbocycles. The third-order valence-corrected chi connectivity index (χ3v) is 3.36. The van der Waals surface area contributed by atoms with Crippen LogP contribution >= 0.6 is 0 Å². The van der Waals surface area contributed by atoms with Crippen LogP contribution in [0, 0.1) is 11.8 Å². The van der Waals surface area contributed by atoms with Crippen LogP contribution in [0.1, 0.15) is 13.8 Å². The van der Waals surface area contributed by atoms with Gasteiger partial charge in [0.2, 0.25) is 5.91 Å². The lowest BCUT2D eigenvalue weighted by Gasteiger charge is -2.42. The maximum absolute atomic E-state index is 11.9. The normalized spacial score (nSPS) is 16.5. The molecule has 1 rings (SSSR count). The SMILES string of the molecule is CCNC(=O)CN(C)C(=O)N1CC(C(C)C(=O)O)C1. The first-order chi connectivity index (χ1) is 8.86. The van der Waals surface area contributed by atoms with Gasteiger partial charge in [0.15, 0.2) is 0 Å². The molecule has 0 spiro atoms. The van der Waals surface area contributed by atoms with Crippen LogP contribution in [0.25, 0.3) is 0 Å². The number of likely N-dealkylation sites (tertiary alicyclic amines) is 1. The fourth-order valence-electron chi connectivity index (χ4n) is 1.96. The van der Waals surface area contributed by atoms with E-state index in [2.05, 4.69) is 5.32 Å². The summed E-state index contributed by atoms with van der Waals surface area (Å²) in [6, 6.07) is -0.236. The molecule has 0 aliphatic carbocycles. The van der Waals surface area contributed by atoms with Crippen LogP contribution in [0.2, 0.25) is 0 Å². The molecule has 1 saturated heterocycles. The lowest BCUT2D eigenvalue weighted by molar-refractivity contribution is -0.144. The second kappa shape index (κ2) is 6.40. The Kier molecular flexibility index (Phi) is 5.14. The monoisotopic (exact) mass is 271 g/mol. The van der Waals surface area contributed by atoms with E-state index in [1.807, 2.05) is 6.92 Å². The van der Waals surface area contributed by atoms with Crippen molar-refractivity contribution in [2.75, 3.05) is 33.2 Å². The van der Waals surface area contributed by atoms with Gasteiger partial charge < -0.3 is 20.2 Å². The Morgan fingerprint density at radius 1 is 1.42 bits per heavy atom. The molecular weight excluding hydrogens is 250 g/mol. The van der Waals surface area contributed by atoms with E-state index in [1.165, 1.54) is 4.90 Å². The summed E-state index contributed by atoms with van der Waals surface area (Å²) < 4.78 is 0. The van der Waals surface area contributed by atoms with Crippen molar-refractivity contribution in [3.63, 3.8) is 0 Å². The predicted molar refractivity (Wildman–Crippen MR) is 68.6 cm³/mol. The van der Waals surface area contributed by atoms with Gasteiger partial charge in [0.05, 0.1) is 5.92 Å². The Labute approximate surface area is 112 Å². The summed E-state index contributed by atoms with van der Waals surface area (Å²) in [6.07, 6.45) is 0. The summed E-state index contributed by atoms with van der Waals surface area (Å²) in [5, 5.41) is 11.5. The number of carboxylic acids is 1. The van der Waals surface area contributed by atoms with Crippen LogP contribution in [0.4, 0.5) is 4.79 Å². The molecule has 1 atom stereocenters. The molecule has 7 nitrogen and oxygen atoms in total. The van der Waals surface area contributed by atoms with Crippen LogP contribution < -0.4 is 5.32 Å². The van der Waals surface area contributed by atoms with E-state index in [0.717, 1.165) is 0 Å². The van der Waals surface area contributed by atoms with Crippen molar-refractivity contribution in [2.24, 2.45) is 11.8 Å². The van der Waals surface area contributed by atoms with E-state index in [9.17, 15) is 14.4 Å². The Morgan fingerprint density at radius 3 is 2.47 bits per heavy atom. The van der Waals surface area contributed by atoms with Gasteiger partial charge >= 0.3 is 12.0 Å². The Morgan fingerprint density at radius 2 is 2.00 bits per heavy atom. The summed E-state index contributed by atoms with van der Waals surface area (Å²) in [5.41, 5.74) is 0. The third-order valence-electron chi connectivity index (χ3n) is 3.36. The summed E-state index contributed by atoms with van der Waals surface area (Å²) >= 11 is 0. The first-order valence-corrected chi connectivity index (χ1v) is 6.36. The van der Waals surface area contributed by atoms with Gasteiger partial charge in [-0.05, 0) is 6.92 Å². The number of likely N-dealkylation sites (N-methyl/N-ethyl adjacent to an activating group) is 2. The number of nitrogens with zero attached hydrogens (tertiary/aromatic N) is 2. The average molecular weight is 271 g/mol. The smallest absolute Gasteiger partial charge is 0.320 e. The van der Waals surface area contributed by atoms with Crippen molar-refractivity contribution in [1.29, 1.82) is 0 Å². The van der Waals surface area contributed by atoms with E-state index in [4.69, 9.17) is 5.11 Å². The number of carbonyl (C=O) groups excluding carboxylic acids is 2. The minimum absolute atomic E-state index is 0.000631. The van der Waals surface area contributed by atoms with Gasteiger partial charge in [-0.1, -0.05) is 6.92 Å². The second-order valence-corrected chi connectivity index (χ2v) is 4.88. The van der Waals surface area contributed by atoms with Gasteiger partial charge in [-0.3, -0.25) is 9.59 Å². The molecule has 19 heavy (non-hydrogen) atoms. The maximum atomic E-state index is 11.9. The molecule has 1 aliphatic heterocycles. The van der Waals surface area contributed by atoms with Gasteiger partial charge in [0, 0.05) is 32.6 Å². The summed E-state index contributed by atoms with van der Waals surface area (Å²) in [7, 11) is 1.56. The number of urea groups is 1. The van der Waals surface area contributed by atoms with E-state index in [-0.39, 0.29) is 24.4 Å². The molecule has 108 valence electrons. The van der Waals surface area contributed by atoms with Gasteiger partial charge in [0.25, 0.3) is 0 Å². The van der Waals surface area contributed by atoms with Crippen molar-refractivity contribution in [3.8, 4) is 0 Å². The summed E-state index contributed by atoms with van der Waals surface area (Å²) in [5.74, 6) is -1.49. The zero-order valence-corrected chi connectivity index (χ0v) is 11.5. The maximum Gasteiger partial charge on any atom is 0.320 e. The summed E-state index contributed by atoms with van der Waals surface area (Å²) in [6.45, 7) is 4.88. The molecular formula is C12H21N3O4. The van der Waals surface area contributed by atoms with Gasteiger partial charge in [0.1, 0.15) is 6.54 Å². The van der Waals surface area contributed by atoms with E-state index >= 15 is 0 Å². The van der Waals surface area contributed by atoms with Crippen molar-refractivity contribution in [3.05, 3.63) is 0 Å². The van der Waals surface area contributed by atoms with Crippen molar-refractivity contribution in [1.82, 2.24) is 15.1 Å². The first-order valence-electron chi connectivity index (χ1n) is 6.36. The molecule has 7 heteroatoms. The first kappa shape index (κ1) is 15.3. The van der Waals surface area contributed by atoms with E-state index in [1.54, 1.807) is 18.9 Å².